The van der Waals surface area contributed by atoms with Crippen LogP contribution in [0.1, 0.15) is 33.3 Å². The molecule has 1 aromatic carbocycles. The van der Waals surface area contributed by atoms with Gasteiger partial charge in [-0.05, 0) is 32.9 Å². The molecule has 124 valence electrons. The third kappa shape index (κ3) is 3.25. The molecule has 1 aromatic rings. The first-order chi connectivity index (χ1) is 11.2. The van der Waals surface area contributed by atoms with Crippen molar-refractivity contribution in [1.29, 1.82) is 5.26 Å². The topological polar surface area (TPSA) is 109 Å². The van der Waals surface area contributed by atoms with E-state index in [9.17, 15) is 14.9 Å². The molecule has 1 heterocycles. The van der Waals surface area contributed by atoms with Gasteiger partial charge in [0.05, 0.1) is 10.6 Å². The molecule has 0 radical (unpaired) electrons. The largest absolute Gasteiger partial charge is 0.483 e. The van der Waals surface area contributed by atoms with Gasteiger partial charge in [0.15, 0.2) is 0 Å². The number of amidine groups is 1. The van der Waals surface area contributed by atoms with Crippen LogP contribution >= 0.6 is 0 Å². The van der Waals surface area contributed by atoms with Crippen LogP contribution in [0.5, 0.6) is 5.75 Å². The van der Waals surface area contributed by atoms with E-state index in [1.165, 1.54) is 36.9 Å². The Morgan fingerprint density at radius 2 is 2.08 bits per heavy atom. The molecule has 24 heavy (non-hydrogen) atoms. The zero-order valence-corrected chi connectivity index (χ0v) is 13.7. The summed E-state index contributed by atoms with van der Waals surface area (Å²) in [4.78, 5) is 27.5. The smallest absolute Gasteiger partial charge is 0.270 e. The van der Waals surface area contributed by atoms with Gasteiger partial charge in [-0.15, -0.1) is 0 Å². The Kier molecular flexibility index (Phi) is 4.37. The molecule has 8 nitrogen and oxygen atoms in total. The number of nitriles is 1. The van der Waals surface area contributed by atoms with E-state index in [-0.39, 0.29) is 17.4 Å². The average Bonchev–Trinajstić information content (AvgIpc) is 2.45. The molecule has 1 aliphatic heterocycles. The molecular formula is C16H16N4O4. The lowest BCUT2D eigenvalue weighted by molar-refractivity contribution is -0.384. The highest BCUT2D eigenvalue weighted by Crippen LogP contribution is 2.39. The molecule has 8 heteroatoms. The van der Waals surface area contributed by atoms with Crippen LogP contribution in [0, 0.1) is 21.6 Å². The summed E-state index contributed by atoms with van der Waals surface area (Å²) >= 11 is 0. The van der Waals surface area contributed by atoms with E-state index < -0.39 is 10.5 Å². The average molecular weight is 328 g/mol. The monoisotopic (exact) mass is 328 g/mol. The normalized spacial score (nSPS) is 15.5. The highest BCUT2D eigenvalue weighted by molar-refractivity contribution is 6.05. The van der Waals surface area contributed by atoms with Gasteiger partial charge in [0.2, 0.25) is 12.1 Å². The van der Waals surface area contributed by atoms with E-state index in [1.54, 1.807) is 26.1 Å². The third-order valence-corrected chi connectivity index (χ3v) is 3.40. The van der Waals surface area contributed by atoms with Crippen molar-refractivity contribution in [2.75, 3.05) is 0 Å². The maximum absolute atomic E-state index is 12.1. The Morgan fingerprint density at radius 3 is 2.62 bits per heavy atom. The number of nitro groups is 1. The fraction of sp³-hybridized carbons (Fsp3) is 0.312. The van der Waals surface area contributed by atoms with Gasteiger partial charge in [-0.25, -0.2) is 0 Å². The van der Waals surface area contributed by atoms with Crippen molar-refractivity contribution >= 4 is 23.1 Å². The quantitative estimate of drug-likeness (QED) is 0.273. The summed E-state index contributed by atoms with van der Waals surface area (Å²) in [6, 6.07) is 4.18. The first-order valence-electron chi connectivity index (χ1n) is 7.11. The summed E-state index contributed by atoms with van der Waals surface area (Å²) in [6.07, 6.45) is 3.32. The standard InChI is InChI=1S/C16H16N4O4/c1-10(18-9-17)19(11(2)21)14-8-16(3,4)24-15-6-5-12(20(22)23)7-13(14)15/h5-8H,1-4H3. The summed E-state index contributed by atoms with van der Waals surface area (Å²) in [5.74, 6) is 0.221. The van der Waals surface area contributed by atoms with Crippen molar-refractivity contribution in [3.05, 3.63) is 40.0 Å². The summed E-state index contributed by atoms with van der Waals surface area (Å²) in [5.41, 5.74) is -0.0690. The minimum Gasteiger partial charge on any atom is -0.483 e. The SMILES string of the molecule is CC(=O)N(C1=CC(C)(C)Oc2ccc([N+](=O)[O-])cc21)C(C)=NC#N. The van der Waals surface area contributed by atoms with Crippen LogP contribution in [0.3, 0.4) is 0 Å². The fourth-order valence-electron chi connectivity index (χ4n) is 2.52. The van der Waals surface area contributed by atoms with Gasteiger partial charge in [0.25, 0.3) is 5.69 Å². The highest BCUT2D eigenvalue weighted by Gasteiger charge is 2.32. The minimum atomic E-state index is -0.737. The lowest BCUT2D eigenvalue weighted by Gasteiger charge is -2.34. The summed E-state index contributed by atoms with van der Waals surface area (Å²) in [5, 5.41) is 19.8. The number of benzene rings is 1. The van der Waals surface area contributed by atoms with Gasteiger partial charge < -0.3 is 4.74 Å². The Morgan fingerprint density at radius 1 is 1.42 bits per heavy atom. The number of amides is 1. The Labute approximate surface area is 138 Å². The number of carbonyl (C=O) groups is 1. The van der Waals surface area contributed by atoms with E-state index in [0.29, 0.717) is 17.0 Å². The molecular weight excluding hydrogens is 312 g/mol. The molecule has 0 bridgehead atoms. The number of nitrogens with zero attached hydrogens (tertiary/aromatic N) is 4. The molecule has 0 unspecified atom stereocenters. The number of hydrogen-bond donors (Lipinski definition) is 0. The van der Waals surface area contributed by atoms with Crippen LogP contribution in [-0.4, -0.2) is 27.2 Å². The van der Waals surface area contributed by atoms with Crippen molar-refractivity contribution < 1.29 is 14.5 Å². The highest BCUT2D eigenvalue weighted by atomic mass is 16.6. The van der Waals surface area contributed by atoms with Crippen molar-refractivity contribution in [2.45, 2.75) is 33.3 Å². The number of fused-ring (bicyclic) bond motifs is 1. The molecule has 0 N–H and O–H groups in total. The zero-order chi connectivity index (χ0) is 18.1. The van der Waals surface area contributed by atoms with Crippen LogP contribution in [-0.2, 0) is 4.79 Å². The molecule has 2 rings (SSSR count). The molecule has 1 aliphatic rings. The number of hydrogen-bond acceptors (Lipinski definition) is 6. The summed E-state index contributed by atoms with van der Waals surface area (Å²) in [7, 11) is 0. The molecule has 0 saturated carbocycles. The second kappa shape index (κ2) is 6.12. The number of aliphatic imine (C=N–C) groups is 1. The molecule has 0 saturated heterocycles. The van der Waals surface area contributed by atoms with E-state index in [0.717, 1.165) is 0 Å². The predicted molar refractivity (Wildman–Crippen MR) is 87.0 cm³/mol. The summed E-state index contributed by atoms with van der Waals surface area (Å²) in [6.45, 7) is 6.44. The van der Waals surface area contributed by atoms with Gasteiger partial charge in [-0.1, -0.05) is 0 Å². The van der Waals surface area contributed by atoms with Crippen LogP contribution in [0.4, 0.5) is 5.69 Å². The van der Waals surface area contributed by atoms with Gasteiger partial charge in [-0.3, -0.25) is 19.8 Å². The van der Waals surface area contributed by atoms with Gasteiger partial charge in [-0.2, -0.15) is 10.3 Å². The number of non-ortho nitro benzene ring substituents is 1. The molecule has 1 amide bonds. The molecule has 0 fully saturated rings. The Bertz CT molecular complexity index is 818. The zero-order valence-electron chi connectivity index (χ0n) is 13.7. The van der Waals surface area contributed by atoms with Gasteiger partial charge in [0, 0.05) is 24.6 Å². The van der Waals surface area contributed by atoms with E-state index in [2.05, 4.69) is 4.99 Å². The number of carbonyl (C=O) groups excluding carboxylic acids is 1. The number of ether oxygens (including phenoxy) is 1. The third-order valence-electron chi connectivity index (χ3n) is 3.40. The van der Waals surface area contributed by atoms with Crippen molar-refractivity contribution in [2.24, 2.45) is 4.99 Å². The van der Waals surface area contributed by atoms with Gasteiger partial charge in [0.1, 0.15) is 17.2 Å². The molecule has 0 atom stereocenters. The van der Waals surface area contributed by atoms with Crippen LogP contribution in [0.15, 0.2) is 29.3 Å². The second-order valence-corrected chi connectivity index (χ2v) is 5.79. The fourth-order valence-corrected chi connectivity index (χ4v) is 2.52. The van der Waals surface area contributed by atoms with Crippen LogP contribution in [0.2, 0.25) is 0 Å². The lowest BCUT2D eigenvalue weighted by Crippen LogP contribution is -2.37. The minimum absolute atomic E-state index is 0.124. The first kappa shape index (κ1) is 17.1. The van der Waals surface area contributed by atoms with Crippen molar-refractivity contribution in [3.63, 3.8) is 0 Å². The molecule has 0 aliphatic carbocycles. The van der Waals surface area contributed by atoms with E-state index in [1.807, 2.05) is 0 Å². The molecule has 0 aromatic heterocycles. The van der Waals surface area contributed by atoms with Crippen LogP contribution in [0.25, 0.3) is 5.70 Å². The van der Waals surface area contributed by atoms with E-state index in [4.69, 9.17) is 10.00 Å². The van der Waals surface area contributed by atoms with Crippen LogP contribution < -0.4 is 4.74 Å². The predicted octanol–water partition coefficient (Wildman–Crippen LogP) is 2.85. The number of rotatable bonds is 2. The summed E-state index contributed by atoms with van der Waals surface area (Å²) < 4.78 is 5.81. The lowest BCUT2D eigenvalue weighted by atomic mass is 9.97. The number of nitro benzene ring substituents is 1. The first-order valence-corrected chi connectivity index (χ1v) is 7.11. The van der Waals surface area contributed by atoms with E-state index >= 15 is 0 Å². The molecule has 0 spiro atoms. The van der Waals surface area contributed by atoms with Gasteiger partial charge >= 0.3 is 0 Å². The second-order valence-electron chi connectivity index (χ2n) is 5.79. The van der Waals surface area contributed by atoms with Crippen molar-refractivity contribution in [1.82, 2.24) is 4.90 Å². The van der Waals surface area contributed by atoms with Crippen molar-refractivity contribution in [3.8, 4) is 11.9 Å². The maximum atomic E-state index is 12.1. The Balaban J connectivity index is 2.71. The Hall–Kier alpha value is -3.21. The maximum Gasteiger partial charge on any atom is 0.270 e.